The molecule has 5 nitrogen and oxygen atoms in total. The minimum absolute atomic E-state index is 0.0505. The highest BCUT2D eigenvalue weighted by Crippen LogP contribution is 2.28. The van der Waals surface area contributed by atoms with Crippen molar-refractivity contribution in [2.24, 2.45) is 0 Å². The number of aliphatic hydroxyl groups excluding tert-OH is 1. The van der Waals surface area contributed by atoms with Crippen LogP contribution >= 0.6 is 0 Å². The third-order valence-electron chi connectivity index (χ3n) is 5.69. The highest BCUT2D eigenvalue weighted by atomic mass is 16.3. The average Bonchev–Trinajstić information content (AvgIpc) is 3.05. The molecule has 2 aromatic carbocycles. The molecule has 1 aromatic heterocycles. The molecule has 1 fully saturated rings. The van der Waals surface area contributed by atoms with Crippen LogP contribution in [0.4, 0.5) is 0 Å². The number of amides is 1. The molecular weight excluding hydrogens is 374 g/mol. The van der Waals surface area contributed by atoms with Crippen molar-refractivity contribution < 1.29 is 9.90 Å². The molecular formula is C25H31N3O2. The number of likely N-dealkylation sites (tertiary alicyclic amines) is 1. The molecule has 3 N–H and O–H groups in total. The van der Waals surface area contributed by atoms with E-state index < -0.39 is 0 Å². The number of rotatable bonds is 5. The van der Waals surface area contributed by atoms with Crippen LogP contribution in [0.15, 0.2) is 42.5 Å². The van der Waals surface area contributed by atoms with Gasteiger partial charge in [0.1, 0.15) is 0 Å². The Morgan fingerprint density at radius 2 is 1.97 bits per heavy atom. The number of H-pyrrole nitrogens is 1. The number of fused-ring (bicyclic) bond motifs is 1. The van der Waals surface area contributed by atoms with E-state index in [-0.39, 0.29) is 24.1 Å². The fraction of sp³-hybridized carbons (Fsp3) is 0.400. The second-order valence-electron chi connectivity index (χ2n) is 9.48. The zero-order valence-corrected chi connectivity index (χ0v) is 18.2. The summed E-state index contributed by atoms with van der Waals surface area (Å²) in [5.41, 5.74) is 5.88. The number of carbonyl (C=O) groups is 1. The van der Waals surface area contributed by atoms with Gasteiger partial charge in [-0.25, -0.2) is 0 Å². The number of hydrogen-bond donors (Lipinski definition) is 3. The van der Waals surface area contributed by atoms with Crippen LogP contribution in [0.1, 0.15) is 48.8 Å². The summed E-state index contributed by atoms with van der Waals surface area (Å²) in [5, 5.41) is 13.6. The van der Waals surface area contributed by atoms with Gasteiger partial charge in [0.15, 0.2) is 0 Å². The number of aryl methyl sites for hydroxylation is 1. The van der Waals surface area contributed by atoms with Crippen LogP contribution < -0.4 is 5.32 Å². The van der Waals surface area contributed by atoms with Crippen molar-refractivity contribution in [2.45, 2.75) is 52.2 Å². The molecule has 0 spiro atoms. The highest BCUT2D eigenvalue weighted by Gasteiger charge is 2.27. The Morgan fingerprint density at radius 3 is 2.63 bits per heavy atom. The van der Waals surface area contributed by atoms with Crippen LogP contribution in [-0.4, -0.2) is 45.6 Å². The van der Waals surface area contributed by atoms with Crippen molar-refractivity contribution in [2.75, 3.05) is 13.2 Å². The van der Waals surface area contributed by atoms with Gasteiger partial charge in [-0.05, 0) is 81.1 Å². The van der Waals surface area contributed by atoms with E-state index in [1.807, 2.05) is 39.8 Å². The quantitative estimate of drug-likeness (QED) is 0.595. The molecule has 0 aliphatic carbocycles. The number of nitrogens with one attached hydrogen (secondary N) is 2. The van der Waals surface area contributed by atoms with Gasteiger partial charge in [-0.2, -0.15) is 0 Å². The van der Waals surface area contributed by atoms with Crippen molar-refractivity contribution in [1.29, 1.82) is 0 Å². The van der Waals surface area contributed by atoms with Gasteiger partial charge in [0.05, 0.1) is 6.61 Å². The van der Waals surface area contributed by atoms with E-state index in [4.69, 9.17) is 0 Å². The van der Waals surface area contributed by atoms with Gasteiger partial charge in [0, 0.05) is 46.8 Å². The number of aromatic nitrogens is 1. The largest absolute Gasteiger partial charge is 0.395 e. The zero-order chi connectivity index (χ0) is 21.5. The van der Waals surface area contributed by atoms with Crippen LogP contribution in [0.3, 0.4) is 0 Å². The minimum Gasteiger partial charge on any atom is -0.395 e. The monoisotopic (exact) mass is 405 g/mol. The van der Waals surface area contributed by atoms with E-state index in [1.54, 1.807) is 0 Å². The van der Waals surface area contributed by atoms with E-state index in [0.717, 1.165) is 52.8 Å². The van der Waals surface area contributed by atoms with Gasteiger partial charge in [-0.15, -0.1) is 0 Å². The number of aliphatic hydroxyl groups is 1. The lowest BCUT2D eigenvalue weighted by molar-refractivity contribution is 0.0348. The van der Waals surface area contributed by atoms with Crippen LogP contribution in [0.2, 0.25) is 0 Å². The van der Waals surface area contributed by atoms with Gasteiger partial charge in [-0.1, -0.05) is 12.1 Å². The molecule has 1 atom stereocenters. The Kier molecular flexibility index (Phi) is 5.43. The third-order valence-corrected chi connectivity index (χ3v) is 5.69. The molecule has 1 saturated heterocycles. The summed E-state index contributed by atoms with van der Waals surface area (Å²) in [7, 11) is 0. The first-order valence-electron chi connectivity index (χ1n) is 10.6. The Hall–Kier alpha value is -2.63. The fourth-order valence-electron chi connectivity index (χ4n) is 4.08. The van der Waals surface area contributed by atoms with Crippen LogP contribution in [0, 0.1) is 6.92 Å². The van der Waals surface area contributed by atoms with E-state index in [0.29, 0.717) is 5.56 Å². The predicted molar refractivity (Wildman–Crippen MR) is 122 cm³/mol. The Labute approximate surface area is 178 Å². The second kappa shape index (κ2) is 7.89. The van der Waals surface area contributed by atoms with E-state index in [1.165, 1.54) is 0 Å². The lowest BCUT2D eigenvalue weighted by Gasteiger charge is -2.39. The van der Waals surface area contributed by atoms with Gasteiger partial charge in [-0.3, -0.25) is 9.69 Å². The van der Waals surface area contributed by atoms with Gasteiger partial charge < -0.3 is 15.4 Å². The summed E-state index contributed by atoms with van der Waals surface area (Å²) >= 11 is 0. The maximum atomic E-state index is 12.7. The van der Waals surface area contributed by atoms with Gasteiger partial charge in [0.2, 0.25) is 0 Å². The summed E-state index contributed by atoms with van der Waals surface area (Å²) in [6.07, 6.45) is 1.07. The van der Waals surface area contributed by atoms with E-state index in [9.17, 15) is 9.90 Å². The standard InChI is InChI=1S/C25H31N3O2/c1-16-9-18(12-20(10-16)24(30)27-25(2,3)4)17-5-6-23-19(11-17)13-21(26-23)14-28-8-7-22(28)15-29/h5-6,9-13,22,26,29H,7-8,14-15H2,1-4H3,(H,27,30)/t22-/m1/s1. The van der Waals surface area contributed by atoms with Gasteiger partial charge >= 0.3 is 0 Å². The Balaban J connectivity index is 1.60. The van der Waals surface area contributed by atoms with Crippen molar-refractivity contribution in [3.63, 3.8) is 0 Å². The highest BCUT2D eigenvalue weighted by molar-refractivity contribution is 5.96. The predicted octanol–water partition coefficient (Wildman–Crippen LogP) is 4.24. The molecule has 0 bridgehead atoms. The van der Waals surface area contributed by atoms with Crippen molar-refractivity contribution in [3.05, 3.63) is 59.3 Å². The van der Waals surface area contributed by atoms with Crippen LogP contribution in [0.25, 0.3) is 22.0 Å². The average molecular weight is 406 g/mol. The van der Waals surface area contributed by atoms with Crippen molar-refractivity contribution in [3.8, 4) is 11.1 Å². The number of nitrogens with zero attached hydrogens (tertiary/aromatic N) is 1. The SMILES string of the molecule is Cc1cc(C(=O)NC(C)(C)C)cc(-c2ccc3[nH]c(CN4CC[C@@H]4CO)cc3c2)c1. The molecule has 3 aromatic rings. The summed E-state index contributed by atoms with van der Waals surface area (Å²) < 4.78 is 0. The molecule has 4 rings (SSSR count). The van der Waals surface area contributed by atoms with Crippen LogP contribution in [-0.2, 0) is 6.54 Å². The number of aromatic amines is 1. The molecule has 0 unspecified atom stereocenters. The molecule has 30 heavy (non-hydrogen) atoms. The molecule has 0 saturated carbocycles. The van der Waals surface area contributed by atoms with Crippen molar-refractivity contribution >= 4 is 16.8 Å². The minimum atomic E-state index is -0.271. The van der Waals surface area contributed by atoms with E-state index >= 15 is 0 Å². The Bertz CT molecular complexity index is 1080. The summed E-state index contributed by atoms with van der Waals surface area (Å²) in [6.45, 7) is 10.1. The van der Waals surface area contributed by atoms with Gasteiger partial charge in [0.25, 0.3) is 5.91 Å². The smallest absolute Gasteiger partial charge is 0.251 e. The lowest BCUT2D eigenvalue weighted by Crippen LogP contribution is -2.49. The molecule has 158 valence electrons. The second-order valence-corrected chi connectivity index (χ2v) is 9.48. The number of carbonyl (C=O) groups excluding carboxylic acids is 1. The first-order chi connectivity index (χ1) is 14.2. The van der Waals surface area contributed by atoms with Crippen LogP contribution in [0.5, 0.6) is 0 Å². The summed E-state index contributed by atoms with van der Waals surface area (Å²) in [6, 6.07) is 14.9. The molecule has 1 aliphatic rings. The molecule has 0 radical (unpaired) electrons. The molecule has 1 aliphatic heterocycles. The first kappa shape index (κ1) is 20.6. The normalized spacial score (nSPS) is 17.2. The number of benzene rings is 2. The summed E-state index contributed by atoms with van der Waals surface area (Å²) in [5.74, 6) is -0.0505. The third kappa shape index (κ3) is 4.42. The maximum Gasteiger partial charge on any atom is 0.251 e. The fourth-order valence-corrected chi connectivity index (χ4v) is 4.08. The molecule has 5 heteroatoms. The molecule has 2 heterocycles. The summed E-state index contributed by atoms with van der Waals surface area (Å²) in [4.78, 5) is 18.5. The lowest BCUT2D eigenvalue weighted by atomic mass is 9.98. The van der Waals surface area contributed by atoms with Crippen molar-refractivity contribution in [1.82, 2.24) is 15.2 Å². The topological polar surface area (TPSA) is 68.4 Å². The maximum absolute atomic E-state index is 12.7. The number of hydrogen-bond acceptors (Lipinski definition) is 3. The van der Waals surface area contributed by atoms with E-state index in [2.05, 4.69) is 45.5 Å². The molecule has 1 amide bonds. The first-order valence-corrected chi connectivity index (χ1v) is 10.6. The Morgan fingerprint density at radius 1 is 1.17 bits per heavy atom. The zero-order valence-electron chi connectivity index (χ0n) is 18.2.